The minimum absolute atomic E-state index is 0.0635. The van der Waals surface area contributed by atoms with E-state index in [1.165, 1.54) is 23.9 Å². The molecule has 2 heterocycles. The third kappa shape index (κ3) is 3.53. The summed E-state index contributed by atoms with van der Waals surface area (Å²) in [6.45, 7) is 2.71. The maximum atomic E-state index is 10.6. The molecule has 0 saturated carbocycles. The standard InChI is InChI=1S/C12H16N4O2/c17-16(18)11-4-8-15-12(9-11)14-7-3-10-1-5-13-6-2-10/h1,4,8-9,13H,2-3,5-7H2,(H,14,15). The molecule has 0 amide bonds. The van der Waals surface area contributed by atoms with Crippen molar-refractivity contribution in [2.45, 2.75) is 12.8 Å². The van der Waals surface area contributed by atoms with Crippen LogP contribution in [0, 0.1) is 10.1 Å². The number of pyridine rings is 1. The monoisotopic (exact) mass is 248 g/mol. The Morgan fingerprint density at radius 3 is 3.17 bits per heavy atom. The summed E-state index contributed by atoms with van der Waals surface area (Å²) in [6, 6.07) is 2.84. The first-order chi connectivity index (χ1) is 8.75. The third-order valence-corrected chi connectivity index (χ3v) is 2.86. The minimum Gasteiger partial charge on any atom is -0.370 e. The molecule has 0 unspecified atom stereocenters. The number of nitrogens with zero attached hydrogens (tertiary/aromatic N) is 2. The van der Waals surface area contributed by atoms with Crippen LogP contribution in [0.2, 0.25) is 0 Å². The molecule has 1 aromatic heterocycles. The van der Waals surface area contributed by atoms with Gasteiger partial charge < -0.3 is 10.6 Å². The summed E-state index contributed by atoms with van der Waals surface area (Å²) in [5, 5.41) is 17.0. The Kier molecular flexibility index (Phi) is 4.25. The van der Waals surface area contributed by atoms with Gasteiger partial charge in [-0.2, -0.15) is 0 Å². The van der Waals surface area contributed by atoms with Crippen LogP contribution in [0.3, 0.4) is 0 Å². The van der Waals surface area contributed by atoms with Gasteiger partial charge in [0.05, 0.1) is 11.0 Å². The fourth-order valence-corrected chi connectivity index (χ4v) is 1.88. The number of rotatable bonds is 5. The summed E-state index contributed by atoms with van der Waals surface area (Å²) >= 11 is 0. The van der Waals surface area contributed by atoms with E-state index in [-0.39, 0.29) is 5.69 Å². The van der Waals surface area contributed by atoms with Gasteiger partial charge in [0, 0.05) is 25.4 Å². The normalized spacial score (nSPS) is 15.0. The first-order valence-electron chi connectivity index (χ1n) is 5.98. The van der Waals surface area contributed by atoms with E-state index in [1.54, 1.807) is 0 Å². The van der Waals surface area contributed by atoms with E-state index in [4.69, 9.17) is 0 Å². The van der Waals surface area contributed by atoms with Crippen molar-refractivity contribution in [1.29, 1.82) is 0 Å². The number of nitro groups is 1. The van der Waals surface area contributed by atoms with Gasteiger partial charge in [-0.25, -0.2) is 4.98 Å². The highest BCUT2D eigenvalue weighted by Gasteiger charge is 2.07. The zero-order valence-corrected chi connectivity index (χ0v) is 10.1. The predicted octanol–water partition coefficient (Wildman–Crippen LogP) is 1.71. The largest absolute Gasteiger partial charge is 0.370 e. The van der Waals surface area contributed by atoms with Crippen molar-refractivity contribution in [2.24, 2.45) is 0 Å². The molecule has 96 valence electrons. The molecule has 0 bridgehead atoms. The van der Waals surface area contributed by atoms with Crippen LogP contribution in [0.4, 0.5) is 11.5 Å². The molecule has 2 N–H and O–H groups in total. The molecule has 0 atom stereocenters. The maximum Gasteiger partial charge on any atom is 0.274 e. The lowest BCUT2D eigenvalue weighted by Crippen LogP contribution is -2.21. The zero-order valence-electron chi connectivity index (χ0n) is 10.1. The van der Waals surface area contributed by atoms with E-state index in [0.717, 1.165) is 32.5 Å². The van der Waals surface area contributed by atoms with Gasteiger partial charge in [-0.15, -0.1) is 0 Å². The molecule has 2 rings (SSSR count). The van der Waals surface area contributed by atoms with Crippen LogP contribution in [0.25, 0.3) is 0 Å². The lowest BCUT2D eigenvalue weighted by Gasteiger charge is -2.14. The van der Waals surface area contributed by atoms with Gasteiger partial charge in [0.1, 0.15) is 5.82 Å². The molecule has 1 aromatic rings. The number of hydrogen-bond acceptors (Lipinski definition) is 5. The molecule has 0 aliphatic carbocycles. The van der Waals surface area contributed by atoms with Crippen LogP contribution in [-0.2, 0) is 0 Å². The van der Waals surface area contributed by atoms with Crippen LogP contribution in [-0.4, -0.2) is 29.5 Å². The molecule has 0 radical (unpaired) electrons. The number of nitrogens with one attached hydrogen (secondary N) is 2. The Hall–Kier alpha value is -1.95. The van der Waals surface area contributed by atoms with Gasteiger partial charge in [0.15, 0.2) is 0 Å². The summed E-state index contributed by atoms with van der Waals surface area (Å²) in [7, 11) is 0. The van der Waals surface area contributed by atoms with E-state index in [9.17, 15) is 10.1 Å². The molecule has 0 spiro atoms. The van der Waals surface area contributed by atoms with Crippen molar-refractivity contribution in [3.8, 4) is 0 Å². The van der Waals surface area contributed by atoms with E-state index in [2.05, 4.69) is 21.7 Å². The topological polar surface area (TPSA) is 80.1 Å². The predicted molar refractivity (Wildman–Crippen MR) is 69.6 cm³/mol. The minimum atomic E-state index is -0.414. The second-order valence-electron chi connectivity index (χ2n) is 4.15. The van der Waals surface area contributed by atoms with Crippen LogP contribution in [0.15, 0.2) is 30.0 Å². The smallest absolute Gasteiger partial charge is 0.274 e. The Morgan fingerprint density at radius 1 is 1.56 bits per heavy atom. The van der Waals surface area contributed by atoms with E-state index < -0.39 is 4.92 Å². The molecular formula is C12H16N4O2. The average Bonchev–Trinajstić information content (AvgIpc) is 2.40. The van der Waals surface area contributed by atoms with Crippen molar-refractivity contribution in [2.75, 3.05) is 25.0 Å². The molecule has 6 heteroatoms. The summed E-state index contributed by atoms with van der Waals surface area (Å²) in [6.07, 6.45) is 5.67. The van der Waals surface area contributed by atoms with Crippen LogP contribution in [0.1, 0.15) is 12.8 Å². The number of aromatic nitrogens is 1. The number of anilines is 1. The van der Waals surface area contributed by atoms with E-state index in [1.807, 2.05) is 0 Å². The highest BCUT2D eigenvalue weighted by molar-refractivity contribution is 5.44. The fourth-order valence-electron chi connectivity index (χ4n) is 1.88. The highest BCUT2D eigenvalue weighted by atomic mass is 16.6. The average molecular weight is 248 g/mol. The Morgan fingerprint density at radius 2 is 2.44 bits per heavy atom. The second-order valence-corrected chi connectivity index (χ2v) is 4.15. The van der Waals surface area contributed by atoms with Gasteiger partial charge in [-0.1, -0.05) is 11.6 Å². The molecule has 0 aromatic carbocycles. The summed E-state index contributed by atoms with van der Waals surface area (Å²) in [5.41, 5.74) is 1.49. The SMILES string of the molecule is O=[N+]([O-])c1ccnc(NCCC2=CCNCC2)c1. The Bertz CT molecular complexity index is 459. The zero-order chi connectivity index (χ0) is 12.8. The van der Waals surface area contributed by atoms with Crippen LogP contribution < -0.4 is 10.6 Å². The lowest BCUT2D eigenvalue weighted by atomic mass is 10.1. The molecule has 1 aliphatic heterocycles. The molecule has 1 aliphatic rings. The van der Waals surface area contributed by atoms with Crippen molar-refractivity contribution < 1.29 is 4.92 Å². The quantitative estimate of drug-likeness (QED) is 0.471. The van der Waals surface area contributed by atoms with Crippen molar-refractivity contribution in [3.05, 3.63) is 40.1 Å². The second kappa shape index (κ2) is 6.11. The van der Waals surface area contributed by atoms with Crippen LogP contribution in [0.5, 0.6) is 0 Å². The van der Waals surface area contributed by atoms with Crippen molar-refractivity contribution >= 4 is 11.5 Å². The van der Waals surface area contributed by atoms with Gasteiger partial charge in [-0.3, -0.25) is 10.1 Å². The molecule has 0 saturated heterocycles. The molecular weight excluding hydrogens is 232 g/mol. The third-order valence-electron chi connectivity index (χ3n) is 2.86. The molecule has 18 heavy (non-hydrogen) atoms. The van der Waals surface area contributed by atoms with Gasteiger partial charge in [-0.05, 0) is 19.4 Å². The Labute approximate surface area is 105 Å². The number of hydrogen-bond donors (Lipinski definition) is 2. The highest BCUT2D eigenvalue weighted by Crippen LogP contribution is 2.15. The van der Waals surface area contributed by atoms with Gasteiger partial charge >= 0.3 is 0 Å². The summed E-state index contributed by atoms with van der Waals surface area (Å²) in [4.78, 5) is 14.3. The maximum absolute atomic E-state index is 10.6. The fraction of sp³-hybridized carbons (Fsp3) is 0.417. The van der Waals surface area contributed by atoms with Crippen molar-refractivity contribution in [1.82, 2.24) is 10.3 Å². The Balaban J connectivity index is 1.84. The lowest BCUT2D eigenvalue weighted by molar-refractivity contribution is -0.384. The summed E-state index contributed by atoms with van der Waals surface area (Å²) < 4.78 is 0. The van der Waals surface area contributed by atoms with Crippen LogP contribution >= 0.6 is 0 Å². The van der Waals surface area contributed by atoms with E-state index >= 15 is 0 Å². The first kappa shape index (κ1) is 12.5. The first-order valence-corrected chi connectivity index (χ1v) is 5.98. The van der Waals surface area contributed by atoms with Gasteiger partial charge in [0.25, 0.3) is 5.69 Å². The molecule has 6 nitrogen and oxygen atoms in total. The molecule has 0 fully saturated rings. The summed E-state index contributed by atoms with van der Waals surface area (Å²) in [5.74, 6) is 0.554. The van der Waals surface area contributed by atoms with E-state index in [0.29, 0.717) is 5.82 Å². The van der Waals surface area contributed by atoms with Crippen molar-refractivity contribution in [3.63, 3.8) is 0 Å². The van der Waals surface area contributed by atoms with Gasteiger partial charge in [0.2, 0.25) is 0 Å².